The molecule has 0 saturated heterocycles. The number of nitrogens with one attached hydrogen (secondary N) is 3. The largest absolute Gasteiger partial charge is 0.350 e. The van der Waals surface area contributed by atoms with Gasteiger partial charge in [0.2, 0.25) is 0 Å². The smallest absolute Gasteiger partial charge is 0.309 e. The molecule has 1 aromatic carbocycles. The average Bonchev–Trinajstić information content (AvgIpc) is 3.08. The van der Waals surface area contributed by atoms with Gasteiger partial charge in [-0.05, 0) is 40.3 Å². The minimum absolute atomic E-state index is 0.112. The molecule has 0 aliphatic carbocycles. The van der Waals surface area contributed by atoms with Crippen LogP contribution in [0.5, 0.6) is 0 Å². The van der Waals surface area contributed by atoms with Crippen LogP contribution in [0, 0.1) is 3.57 Å². The Morgan fingerprint density at radius 3 is 2.61 bits per heavy atom. The first-order valence-corrected chi connectivity index (χ1v) is 10.2. The molecule has 9 nitrogen and oxygen atoms in total. The van der Waals surface area contributed by atoms with E-state index in [1.807, 2.05) is 29.2 Å². The lowest BCUT2D eigenvalue weighted by molar-refractivity contribution is 0.786. The highest BCUT2D eigenvalue weighted by molar-refractivity contribution is 14.1. The van der Waals surface area contributed by atoms with Crippen molar-refractivity contribution >= 4 is 51.6 Å². The second-order valence-corrected chi connectivity index (χ2v) is 8.22. The predicted molar refractivity (Wildman–Crippen MR) is 114 cm³/mol. The van der Waals surface area contributed by atoms with E-state index in [1.165, 1.54) is 4.52 Å². The van der Waals surface area contributed by atoms with Gasteiger partial charge in [-0.25, -0.2) is 14.6 Å². The average molecular weight is 529 g/mol. The highest BCUT2D eigenvalue weighted by Gasteiger charge is 2.14. The highest BCUT2D eigenvalue weighted by atomic mass is 127. The standard InChI is InChI=1S/C16H10ClIN6O3S/c17-11-10(20-14(26)22-13(11)25)6-28-15-21-12-9(5-19-24(12)16(27)23-15)7-1-3-8(18)4-2-7/h1-5H,6H2,(H,21,23,27)(H2,20,22,25,26). The molecule has 0 amide bonds. The molecule has 0 saturated carbocycles. The molecular formula is C16H10ClIN6O3S. The van der Waals surface area contributed by atoms with E-state index in [0.717, 1.165) is 20.9 Å². The maximum absolute atomic E-state index is 12.3. The van der Waals surface area contributed by atoms with Gasteiger partial charge in [-0.15, -0.1) is 0 Å². The minimum atomic E-state index is -0.672. The van der Waals surface area contributed by atoms with Crippen molar-refractivity contribution in [2.24, 2.45) is 0 Å². The molecule has 0 atom stereocenters. The lowest BCUT2D eigenvalue weighted by Gasteiger charge is -2.04. The Hall–Kier alpha value is -2.38. The second kappa shape index (κ2) is 7.56. The summed E-state index contributed by atoms with van der Waals surface area (Å²) in [4.78, 5) is 47.0. The van der Waals surface area contributed by atoms with Crippen molar-refractivity contribution in [3.63, 3.8) is 0 Å². The number of rotatable bonds is 4. The Labute approximate surface area is 178 Å². The third-order valence-electron chi connectivity index (χ3n) is 3.82. The van der Waals surface area contributed by atoms with Crippen LogP contribution in [-0.4, -0.2) is 29.5 Å². The van der Waals surface area contributed by atoms with Crippen molar-refractivity contribution < 1.29 is 0 Å². The summed E-state index contributed by atoms with van der Waals surface area (Å²) in [6.07, 6.45) is 1.58. The van der Waals surface area contributed by atoms with Gasteiger partial charge in [-0.1, -0.05) is 35.5 Å². The number of aromatic nitrogens is 6. The molecule has 3 aromatic heterocycles. The number of hydrogen-bond donors (Lipinski definition) is 3. The monoisotopic (exact) mass is 528 g/mol. The van der Waals surface area contributed by atoms with Crippen LogP contribution in [0.15, 0.2) is 50.0 Å². The van der Waals surface area contributed by atoms with Crippen LogP contribution in [0.25, 0.3) is 16.8 Å². The van der Waals surface area contributed by atoms with Crippen molar-refractivity contribution in [2.45, 2.75) is 10.9 Å². The molecule has 28 heavy (non-hydrogen) atoms. The topological polar surface area (TPSA) is 129 Å². The molecule has 0 radical (unpaired) electrons. The summed E-state index contributed by atoms with van der Waals surface area (Å²) in [5, 5.41) is 4.29. The van der Waals surface area contributed by atoms with Gasteiger partial charge >= 0.3 is 11.4 Å². The van der Waals surface area contributed by atoms with Gasteiger partial charge in [0.15, 0.2) is 10.8 Å². The van der Waals surface area contributed by atoms with Gasteiger partial charge < -0.3 is 4.98 Å². The summed E-state index contributed by atoms with van der Waals surface area (Å²) in [6.45, 7) is 0. The van der Waals surface area contributed by atoms with Crippen LogP contribution >= 0.6 is 46.0 Å². The van der Waals surface area contributed by atoms with Gasteiger partial charge in [0.1, 0.15) is 5.02 Å². The molecule has 142 valence electrons. The number of benzene rings is 1. The molecule has 0 bridgehead atoms. The number of thioether (sulfide) groups is 1. The first-order valence-electron chi connectivity index (χ1n) is 7.80. The maximum Gasteiger partial charge on any atom is 0.350 e. The van der Waals surface area contributed by atoms with Crippen LogP contribution in [0.1, 0.15) is 5.69 Å². The first-order chi connectivity index (χ1) is 13.4. The van der Waals surface area contributed by atoms with E-state index in [9.17, 15) is 14.4 Å². The van der Waals surface area contributed by atoms with Gasteiger partial charge in [-0.2, -0.15) is 9.61 Å². The Morgan fingerprint density at radius 1 is 1.11 bits per heavy atom. The fourth-order valence-electron chi connectivity index (χ4n) is 2.53. The summed E-state index contributed by atoms with van der Waals surface area (Å²) < 4.78 is 2.27. The Balaban J connectivity index is 1.72. The van der Waals surface area contributed by atoms with Gasteiger partial charge in [-0.3, -0.25) is 14.8 Å². The normalized spacial score (nSPS) is 11.2. The molecule has 0 fully saturated rings. The molecule has 12 heteroatoms. The summed E-state index contributed by atoms with van der Waals surface area (Å²) in [5.41, 5.74) is 0.466. The van der Waals surface area contributed by atoms with Gasteiger partial charge in [0, 0.05) is 14.9 Å². The van der Waals surface area contributed by atoms with Gasteiger partial charge in [0.05, 0.1) is 11.9 Å². The maximum atomic E-state index is 12.3. The Morgan fingerprint density at radius 2 is 1.86 bits per heavy atom. The third kappa shape index (κ3) is 3.64. The fourth-order valence-corrected chi connectivity index (χ4v) is 3.93. The predicted octanol–water partition coefficient (Wildman–Crippen LogP) is 2.01. The molecule has 0 spiro atoms. The molecule has 3 heterocycles. The van der Waals surface area contributed by atoms with Crippen LogP contribution < -0.4 is 16.9 Å². The van der Waals surface area contributed by atoms with Crippen molar-refractivity contribution in [3.05, 3.63) is 76.1 Å². The van der Waals surface area contributed by atoms with Crippen molar-refractivity contribution in [1.82, 2.24) is 29.5 Å². The zero-order valence-electron chi connectivity index (χ0n) is 13.8. The van der Waals surface area contributed by atoms with Crippen LogP contribution in [-0.2, 0) is 5.75 Å². The molecule has 3 N–H and O–H groups in total. The van der Waals surface area contributed by atoms with Crippen LogP contribution in [0.3, 0.4) is 0 Å². The number of nitrogens with zero attached hydrogens (tertiary/aromatic N) is 3. The van der Waals surface area contributed by atoms with E-state index < -0.39 is 16.9 Å². The second-order valence-electron chi connectivity index (χ2n) is 5.64. The van der Waals surface area contributed by atoms with Crippen LogP contribution in [0.4, 0.5) is 0 Å². The molecule has 4 aromatic rings. The minimum Gasteiger partial charge on any atom is -0.309 e. The van der Waals surface area contributed by atoms with Crippen LogP contribution in [0.2, 0.25) is 5.02 Å². The highest BCUT2D eigenvalue weighted by Crippen LogP contribution is 2.25. The molecule has 0 unspecified atom stereocenters. The zero-order chi connectivity index (χ0) is 19.8. The number of H-pyrrole nitrogens is 3. The van der Waals surface area contributed by atoms with Crippen molar-refractivity contribution in [3.8, 4) is 11.1 Å². The number of halogens is 2. The Bertz CT molecular complexity index is 1360. The zero-order valence-corrected chi connectivity index (χ0v) is 17.6. The number of hydrogen-bond acceptors (Lipinski definition) is 6. The van der Waals surface area contributed by atoms with Gasteiger partial charge in [0.25, 0.3) is 5.56 Å². The van der Waals surface area contributed by atoms with E-state index in [0.29, 0.717) is 16.4 Å². The summed E-state index contributed by atoms with van der Waals surface area (Å²) >= 11 is 9.26. The van der Waals surface area contributed by atoms with E-state index in [1.54, 1.807) is 6.20 Å². The van der Waals surface area contributed by atoms with Crippen molar-refractivity contribution in [2.75, 3.05) is 0 Å². The summed E-state index contributed by atoms with van der Waals surface area (Å²) in [7, 11) is 0. The summed E-state index contributed by atoms with van der Waals surface area (Å²) in [5.74, 6) is 0.143. The molecule has 0 aliphatic heterocycles. The quantitative estimate of drug-likeness (QED) is 0.275. The third-order valence-corrected chi connectivity index (χ3v) is 5.84. The van der Waals surface area contributed by atoms with E-state index >= 15 is 0 Å². The lowest BCUT2D eigenvalue weighted by Crippen LogP contribution is -2.24. The fraction of sp³-hybridized carbons (Fsp3) is 0.0625. The molecular weight excluding hydrogens is 519 g/mol. The Kier molecular flexibility index (Phi) is 5.12. The number of aromatic amines is 3. The molecule has 4 rings (SSSR count). The SMILES string of the molecule is O=c1[nH]c(CSc2nc3c(-c4ccc(I)cc4)cnn3c(=O)[nH]2)c(Cl)c(=O)[nH]1. The molecule has 0 aliphatic rings. The van der Waals surface area contributed by atoms with E-state index in [2.05, 4.69) is 42.6 Å². The number of fused-ring (bicyclic) bond motifs is 1. The summed E-state index contributed by atoms with van der Waals surface area (Å²) in [6, 6.07) is 7.76. The first kappa shape index (κ1) is 19.0. The van der Waals surface area contributed by atoms with E-state index in [-0.39, 0.29) is 16.5 Å². The van der Waals surface area contributed by atoms with Crippen molar-refractivity contribution in [1.29, 1.82) is 0 Å². The lowest BCUT2D eigenvalue weighted by atomic mass is 10.1. The van der Waals surface area contributed by atoms with E-state index in [4.69, 9.17) is 11.6 Å².